The summed E-state index contributed by atoms with van der Waals surface area (Å²) in [5.74, 6) is -0.902. The fourth-order valence-corrected chi connectivity index (χ4v) is 1.22. The lowest BCUT2D eigenvalue weighted by atomic mass is 10.2. The zero-order valence-electron chi connectivity index (χ0n) is 8.72. The van der Waals surface area contributed by atoms with E-state index in [1.807, 2.05) is 13.0 Å². The molecule has 1 heterocycles. The van der Waals surface area contributed by atoms with Gasteiger partial charge in [-0.1, -0.05) is 19.4 Å². The molecule has 0 radical (unpaired) electrons. The average molecular weight is 209 g/mol. The van der Waals surface area contributed by atoms with Crippen LogP contribution in [0.4, 0.5) is 0 Å². The second-order valence-electron chi connectivity index (χ2n) is 3.29. The highest BCUT2D eigenvalue weighted by Crippen LogP contribution is 2.07. The number of hydrogen-bond acceptors (Lipinski definition) is 3. The molecule has 15 heavy (non-hydrogen) atoms. The number of pyridine rings is 1. The number of hydrogen-bond donors (Lipinski definition) is 1. The van der Waals surface area contributed by atoms with Gasteiger partial charge in [0.15, 0.2) is 6.10 Å². The van der Waals surface area contributed by atoms with Crippen LogP contribution in [-0.2, 0) is 16.1 Å². The fourth-order valence-electron chi connectivity index (χ4n) is 1.22. The van der Waals surface area contributed by atoms with Gasteiger partial charge in [-0.25, -0.2) is 4.79 Å². The molecular weight excluding hydrogens is 194 g/mol. The lowest BCUT2D eigenvalue weighted by Gasteiger charge is -2.12. The molecule has 1 aromatic rings. The van der Waals surface area contributed by atoms with Gasteiger partial charge in [-0.05, 0) is 18.1 Å². The van der Waals surface area contributed by atoms with E-state index >= 15 is 0 Å². The Morgan fingerprint density at radius 3 is 3.00 bits per heavy atom. The van der Waals surface area contributed by atoms with Crippen molar-refractivity contribution in [1.29, 1.82) is 0 Å². The molecule has 0 saturated carbocycles. The minimum absolute atomic E-state index is 0.296. The third kappa shape index (κ3) is 4.08. The zero-order chi connectivity index (χ0) is 11.1. The van der Waals surface area contributed by atoms with Gasteiger partial charge in [-0.2, -0.15) is 0 Å². The third-order valence-electron chi connectivity index (χ3n) is 2.00. The molecule has 0 spiro atoms. The first-order chi connectivity index (χ1) is 7.24. The van der Waals surface area contributed by atoms with Gasteiger partial charge in [-0.15, -0.1) is 0 Å². The third-order valence-corrected chi connectivity index (χ3v) is 2.00. The number of ether oxygens (including phenoxy) is 1. The van der Waals surface area contributed by atoms with Crippen LogP contribution >= 0.6 is 0 Å². The monoisotopic (exact) mass is 209 g/mol. The molecule has 0 amide bonds. The molecule has 1 N–H and O–H groups in total. The maximum Gasteiger partial charge on any atom is 0.332 e. The summed E-state index contributed by atoms with van der Waals surface area (Å²) in [4.78, 5) is 14.7. The van der Waals surface area contributed by atoms with E-state index in [4.69, 9.17) is 9.84 Å². The van der Waals surface area contributed by atoms with Gasteiger partial charge in [0.25, 0.3) is 0 Å². The Morgan fingerprint density at radius 2 is 2.47 bits per heavy atom. The number of aliphatic carboxylic acids is 1. The first kappa shape index (κ1) is 11.7. The van der Waals surface area contributed by atoms with Crippen LogP contribution < -0.4 is 0 Å². The molecule has 1 atom stereocenters. The second-order valence-corrected chi connectivity index (χ2v) is 3.29. The Morgan fingerprint density at radius 1 is 1.67 bits per heavy atom. The highest BCUT2D eigenvalue weighted by atomic mass is 16.5. The number of carboxylic acids is 1. The first-order valence-corrected chi connectivity index (χ1v) is 4.97. The standard InChI is InChI=1S/C11H15NO3/c1-2-4-10(11(13)14)15-8-9-5-3-6-12-7-9/h3,5-7,10H,2,4,8H2,1H3,(H,13,14). The molecule has 4 nitrogen and oxygen atoms in total. The van der Waals surface area contributed by atoms with Crippen LogP contribution in [-0.4, -0.2) is 22.2 Å². The van der Waals surface area contributed by atoms with Gasteiger partial charge in [-0.3, -0.25) is 4.98 Å². The highest BCUT2D eigenvalue weighted by molar-refractivity contribution is 5.72. The number of rotatable bonds is 6. The van der Waals surface area contributed by atoms with Crippen LogP contribution in [0, 0.1) is 0 Å². The largest absolute Gasteiger partial charge is 0.479 e. The lowest BCUT2D eigenvalue weighted by molar-refractivity contribution is -0.151. The first-order valence-electron chi connectivity index (χ1n) is 4.97. The van der Waals surface area contributed by atoms with Gasteiger partial charge in [0.05, 0.1) is 6.61 Å². The zero-order valence-corrected chi connectivity index (χ0v) is 8.72. The van der Waals surface area contributed by atoms with Crippen molar-refractivity contribution < 1.29 is 14.6 Å². The van der Waals surface area contributed by atoms with Crippen LogP contribution in [0.15, 0.2) is 24.5 Å². The van der Waals surface area contributed by atoms with Crippen LogP contribution in [0.5, 0.6) is 0 Å². The Bertz CT molecular complexity index is 300. The van der Waals surface area contributed by atoms with E-state index in [-0.39, 0.29) is 0 Å². The van der Waals surface area contributed by atoms with Crippen molar-refractivity contribution in [2.75, 3.05) is 0 Å². The maximum absolute atomic E-state index is 10.8. The van der Waals surface area contributed by atoms with Gasteiger partial charge >= 0.3 is 5.97 Å². The summed E-state index contributed by atoms with van der Waals surface area (Å²) in [6.07, 6.45) is 3.96. The molecule has 0 aromatic carbocycles. The number of aromatic nitrogens is 1. The molecule has 82 valence electrons. The van der Waals surface area contributed by atoms with Crippen LogP contribution in [0.1, 0.15) is 25.3 Å². The van der Waals surface area contributed by atoms with E-state index in [0.717, 1.165) is 12.0 Å². The molecule has 0 bridgehead atoms. The van der Waals surface area contributed by atoms with E-state index in [9.17, 15) is 4.79 Å². The summed E-state index contributed by atoms with van der Waals surface area (Å²) in [6.45, 7) is 2.23. The summed E-state index contributed by atoms with van der Waals surface area (Å²) >= 11 is 0. The van der Waals surface area contributed by atoms with E-state index < -0.39 is 12.1 Å². The highest BCUT2D eigenvalue weighted by Gasteiger charge is 2.16. The molecule has 4 heteroatoms. The Labute approximate surface area is 88.9 Å². The minimum atomic E-state index is -0.902. The van der Waals surface area contributed by atoms with E-state index in [1.54, 1.807) is 18.5 Å². The molecule has 1 aromatic heterocycles. The Hall–Kier alpha value is -1.42. The van der Waals surface area contributed by atoms with Crippen LogP contribution in [0.3, 0.4) is 0 Å². The van der Waals surface area contributed by atoms with E-state index in [0.29, 0.717) is 13.0 Å². The SMILES string of the molecule is CCCC(OCc1cccnc1)C(=O)O. The van der Waals surface area contributed by atoms with Crippen LogP contribution in [0.25, 0.3) is 0 Å². The summed E-state index contributed by atoms with van der Waals surface area (Å²) in [7, 11) is 0. The van der Waals surface area contributed by atoms with Gasteiger partial charge in [0, 0.05) is 12.4 Å². The predicted molar refractivity (Wildman–Crippen MR) is 55.4 cm³/mol. The van der Waals surface area contributed by atoms with Crippen molar-refractivity contribution in [1.82, 2.24) is 4.98 Å². The van der Waals surface area contributed by atoms with Crippen molar-refractivity contribution in [3.05, 3.63) is 30.1 Å². The summed E-state index contributed by atoms with van der Waals surface area (Å²) in [6, 6.07) is 3.66. The van der Waals surface area contributed by atoms with E-state index in [2.05, 4.69) is 4.98 Å². The van der Waals surface area contributed by atoms with Crippen molar-refractivity contribution in [3.63, 3.8) is 0 Å². The summed E-state index contributed by atoms with van der Waals surface area (Å²) in [5, 5.41) is 8.84. The quantitative estimate of drug-likeness (QED) is 0.776. The van der Waals surface area contributed by atoms with E-state index in [1.165, 1.54) is 0 Å². The fraction of sp³-hybridized carbons (Fsp3) is 0.455. The summed E-state index contributed by atoms with van der Waals surface area (Å²) < 4.78 is 5.29. The topological polar surface area (TPSA) is 59.4 Å². The van der Waals surface area contributed by atoms with Crippen LogP contribution in [0.2, 0.25) is 0 Å². The number of nitrogens with zero attached hydrogens (tertiary/aromatic N) is 1. The smallest absolute Gasteiger partial charge is 0.332 e. The van der Waals surface area contributed by atoms with Crippen molar-refractivity contribution in [3.8, 4) is 0 Å². The molecule has 0 saturated heterocycles. The molecule has 0 aliphatic heterocycles. The van der Waals surface area contributed by atoms with Gasteiger partial charge < -0.3 is 9.84 Å². The number of carboxylic acid groups (broad SMARTS) is 1. The van der Waals surface area contributed by atoms with Gasteiger partial charge in [0.2, 0.25) is 0 Å². The second kappa shape index (κ2) is 6.14. The molecule has 0 aliphatic rings. The predicted octanol–water partition coefficient (Wildman–Crippen LogP) is 1.85. The molecule has 1 unspecified atom stereocenters. The molecule has 1 rings (SSSR count). The maximum atomic E-state index is 10.8. The summed E-state index contributed by atoms with van der Waals surface area (Å²) in [5.41, 5.74) is 0.889. The van der Waals surface area contributed by atoms with Crippen molar-refractivity contribution >= 4 is 5.97 Å². The molecule has 0 fully saturated rings. The normalized spacial score (nSPS) is 12.3. The van der Waals surface area contributed by atoms with Gasteiger partial charge in [0.1, 0.15) is 0 Å². The van der Waals surface area contributed by atoms with Crippen molar-refractivity contribution in [2.45, 2.75) is 32.5 Å². The Kier molecular flexibility index (Phi) is 4.77. The molecular formula is C11H15NO3. The Balaban J connectivity index is 2.43. The van der Waals surface area contributed by atoms with Crippen molar-refractivity contribution in [2.24, 2.45) is 0 Å². The lowest BCUT2D eigenvalue weighted by Crippen LogP contribution is -2.23. The number of carbonyl (C=O) groups is 1. The average Bonchev–Trinajstić information content (AvgIpc) is 2.25. The minimum Gasteiger partial charge on any atom is -0.479 e. The molecule has 0 aliphatic carbocycles.